The molecule has 0 aliphatic carbocycles. The lowest BCUT2D eigenvalue weighted by atomic mass is 10.1. The summed E-state index contributed by atoms with van der Waals surface area (Å²) in [6.07, 6.45) is 1.86. The van der Waals surface area contributed by atoms with Crippen molar-refractivity contribution in [1.29, 1.82) is 5.26 Å². The molecule has 0 bridgehead atoms. The van der Waals surface area contributed by atoms with Gasteiger partial charge in [-0.3, -0.25) is 0 Å². The summed E-state index contributed by atoms with van der Waals surface area (Å²) in [5, 5.41) is 12.2. The first-order valence-electron chi connectivity index (χ1n) is 7.06. The smallest absolute Gasteiger partial charge is 0.134 e. The number of aromatic nitrogens is 1. The predicted octanol–water partition coefficient (Wildman–Crippen LogP) is 5.95. The maximum absolute atomic E-state index is 9.46. The zero-order valence-corrected chi connectivity index (χ0v) is 14.9. The highest BCUT2D eigenvalue weighted by atomic mass is 79.9. The van der Waals surface area contributed by atoms with Gasteiger partial charge in [-0.1, -0.05) is 57.9 Å². The van der Waals surface area contributed by atoms with Crippen molar-refractivity contribution in [2.45, 2.75) is 6.92 Å². The van der Waals surface area contributed by atoms with E-state index in [0.29, 0.717) is 5.57 Å². The molecule has 0 amide bonds. The summed E-state index contributed by atoms with van der Waals surface area (Å²) in [5.41, 5.74) is 4.74. The summed E-state index contributed by atoms with van der Waals surface area (Å²) in [6.45, 7) is 2.06. The molecule has 0 atom stereocenters. The van der Waals surface area contributed by atoms with Gasteiger partial charge >= 0.3 is 0 Å². The van der Waals surface area contributed by atoms with Crippen LogP contribution in [-0.2, 0) is 0 Å². The van der Waals surface area contributed by atoms with Crippen LogP contribution in [0.3, 0.4) is 0 Å². The third-order valence-electron chi connectivity index (χ3n) is 3.36. The summed E-state index contributed by atoms with van der Waals surface area (Å²) >= 11 is 4.94. The minimum Gasteiger partial charge on any atom is -0.235 e. The van der Waals surface area contributed by atoms with E-state index in [0.717, 1.165) is 26.3 Å². The first kappa shape index (κ1) is 15.7. The van der Waals surface area contributed by atoms with Crippen LogP contribution < -0.4 is 0 Å². The van der Waals surface area contributed by atoms with Crippen molar-refractivity contribution in [2.75, 3.05) is 0 Å². The maximum atomic E-state index is 9.46. The van der Waals surface area contributed by atoms with E-state index in [2.05, 4.69) is 58.2 Å². The zero-order valence-electron chi connectivity index (χ0n) is 12.5. The van der Waals surface area contributed by atoms with E-state index in [1.54, 1.807) is 0 Å². The molecule has 0 fully saturated rings. The van der Waals surface area contributed by atoms with E-state index in [9.17, 15) is 5.26 Å². The monoisotopic (exact) mass is 380 g/mol. The maximum Gasteiger partial charge on any atom is 0.134 e. The van der Waals surface area contributed by atoms with Crippen molar-refractivity contribution in [2.24, 2.45) is 0 Å². The Morgan fingerprint density at radius 2 is 2.00 bits per heavy atom. The third kappa shape index (κ3) is 3.76. The number of thiazole rings is 1. The van der Waals surface area contributed by atoms with Crippen LogP contribution in [0.1, 0.15) is 16.1 Å². The summed E-state index contributed by atoms with van der Waals surface area (Å²) in [6, 6.07) is 18.4. The van der Waals surface area contributed by atoms with E-state index in [1.807, 2.05) is 35.7 Å². The van der Waals surface area contributed by atoms with Gasteiger partial charge in [0.25, 0.3) is 0 Å². The first-order chi connectivity index (χ1) is 11.2. The van der Waals surface area contributed by atoms with E-state index in [4.69, 9.17) is 0 Å². The van der Waals surface area contributed by atoms with Gasteiger partial charge in [0.05, 0.1) is 11.3 Å². The van der Waals surface area contributed by atoms with E-state index in [-0.39, 0.29) is 0 Å². The summed E-state index contributed by atoms with van der Waals surface area (Å²) in [4.78, 5) is 4.62. The summed E-state index contributed by atoms with van der Waals surface area (Å²) in [7, 11) is 0. The van der Waals surface area contributed by atoms with Crippen LogP contribution in [0.5, 0.6) is 0 Å². The van der Waals surface area contributed by atoms with E-state index >= 15 is 0 Å². The molecule has 3 rings (SSSR count). The molecule has 0 saturated carbocycles. The van der Waals surface area contributed by atoms with Crippen LogP contribution in [0.4, 0.5) is 0 Å². The van der Waals surface area contributed by atoms with Gasteiger partial charge in [-0.15, -0.1) is 11.3 Å². The lowest BCUT2D eigenvalue weighted by molar-refractivity contribution is 1.36. The van der Waals surface area contributed by atoms with Gasteiger partial charge in [0.15, 0.2) is 0 Å². The topological polar surface area (TPSA) is 36.7 Å². The Balaban J connectivity index is 1.94. The normalized spacial score (nSPS) is 11.3. The Labute approximate surface area is 147 Å². The highest BCUT2D eigenvalue weighted by molar-refractivity contribution is 9.10. The number of hydrogen-bond donors (Lipinski definition) is 0. The average Bonchev–Trinajstić information content (AvgIpc) is 3.03. The molecular formula is C19H13BrN2S. The molecule has 0 spiro atoms. The van der Waals surface area contributed by atoms with Gasteiger partial charge < -0.3 is 0 Å². The van der Waals surface area contributed by atoms with Crippen molar-refractivity contribution < 1.29 is 0 Å². The Morgan fingerprint density at radius 3 is 2.70 bits per heavy atom. The fraction of sp³-hybridized carbons (Fsp3) is 0.0526. The van der Waals surface area contributed by atoms with Gasteiger partial charge in [-0.2, -0.15) is 5.26 Å². The van der Waals surface area contributed by atoms with Gasteiger partial charge in [0.1, 0.15) is 11.1 Å². The lowest BCUT2D eigenvalue weighted by Gasteiger charge is -1.98. The van der Waals surface area contributed by atoms with Gasteiger partial charge in [-0.25, -0.2) is 4.98 Å². The number of benzene rings is 2. The van der Waals surface area contributed by atoms with Crippen molar-refractivity contribution in [3.63, 3.8) is 0 Å². The Hall–Kier alpha value is -2.22. The number of halogens is 1. The molecule has 0 N–H and O–H groups in total. The highest BCUT2D eigenvalue weighted by Gasteiger charge is 2.09. The molecule has 0 radical (unpaired) electrons. The fourth-order valence-corrected chi connectivity index (χ4v) is 3.37. The van der Waals surface area contributed by atoms with Crippen LogP contribution in [0.2, 0.25) is 0 Å². The molecule has 0 unspecified atom stereocenters. The molecule has 0 aliphatic heterocycles. The molecule has 2 nitrogen and oxygen atoms in total. The quantitative estimate of drug-likeness (QED) is 0.526. The number of aryl methyl sites for hydroxylation is 1. The second-order valence-corrected chi connectivity index (χ2v) is 6.90. The highest BCUT2D eigenvalue weighted by Crippen LogP contribution is 2.27. The molecule has 23 heavy (non-hydrogen) atoms. The first-order valence-corrected chi connectivity index (χ1v) is 8.73. The van der Waals surface area contributed by atoms with Crippen LogP contribution in [-0.4, -0.2) is 4.98 Å². The number of nitriles is 1. The van der Waals surface area contributed by atoms with E-state index < -0.39 is 0 Å². The van der Waals surface area contributed by atoms with Crippen LogP contribution >= 0.6 is 27.3 Å². The second-order valence-electron chi connectivity index (χ2n) is 5.13. The van der Waals surface area contributed by atoms with Crippen molar-refractivity contribution in [3.05, 3.63) is 74.5 Å². The second kappa shape index (κ2) is 6.91. The molecule has 0 aliphatic rings. The number of rotatable bonds is 3. The Morgan fingerprint density at radius 1 is 1.22 bits per heavy atom. The zero-order chi connectivity index (χ0) is 16.2. The minimum absolute atomic E-state index is 0.575. The minimum atomic E-state index is 0.575. The number of nitrogens with zero attached hydrogens (tertiary/aromatic N) is 2. The van der Waals surface area contributed by atoms with Crippen LogP contribution in [0.25, 0.3) is 22.9 Å². The molecule has 1 aromatic heterocycles. The molecule has 4 heteroatoms. The van der Waals surface area contributed by atoms with Gasteiger partial charge in [-0.05, 0) is 30.7 Å². The standard InChI is InChI=1S/C19H13BrN2S/c1-13-5-7-15(8-6-13)18-12-23-19(22-18)16(11-21)9-14-3-2-4-17(20)10-14/h2-10,12H,1H3/b16-9+. The summed E-state index contributed by atoms with van der Waals surface area (Å²) < 4.78 is 0.989. The fourth-order valence-electron chi connectivity index (χ4n) is 2.16. The largest absolute Gasteiger partial charge is 0.235 e. The number of hydrogen-bond acceptors (Lipinski definition) is 3. The molecular weight excluding hydrogens is 368 g/mol. The number of allylic oxidation sites excluding steroid dienone is 1. The Kier molecular flexibility index (Phi) is 4.71. The van der Waals surface area contributed by atoms with Gasteiger partial charge in [0, 0.05) is 15.4 Å². The molecule has 112 valence electrons. The average molecular weight is 381 g/mol. The molecule has 1 heterocycles. The molecule has 3 aromatic rings. The van der Waals surface area contributed by atoms with Crippen LogP contribution in [0.15, 0.2) is 58.4 Å². The molecule has 0 saturated heterocycles. The van der Waals surface area contributed by atoms with E-state index in [1.165, 1.54) is 16.9 Å². The predicted molar refractivity (Wildman–Crippen MR) is 99.9 cm³/mol. The van der Waals surface area contributed by atoms with Crippen molar-refractivity contribution in [1.82, 2.24) is 4.98 Å². The van der Waals surface area contributed by atoms with Crippen LogP contribution in [0, 0.1) is 18.3 Å². The SMILES string of the molecule is Cc1ccc(-c2csc(/C(C#N)=C/c3cccc(Br)c3)n2)cc1. The van der Waals surface area contributed by atoms with Crippen molar-refractivity contribution in [3.8, 4) is 17.3 Å². The van der Waals surface area contributed by atoms with Gasteiger partial charge in [0.2, 0.25) is 0 Å². The third-order valence-corrected chi connectivity index (χ3v) is 4.73. The summed E-state index contributed by atoms with van der Waals surface area (Å²) in [5.74, 6) is 0. The Bertz CT molecular complexity index is 902. The van der Waals surface area contributed by atoms with Crippen molar-refractivity contribution >= 4 is 38.9 Å². The molecule has 2 aromatic carbocycles. The lowest BCUT2D eigenvalue weighted by Crippen LogP contribution is -1.83.